The topological polar surface area (TPSA) is 46.2 Å². The predicted octanol–water partition coefficient (Wildman–Crippen LogP) is 4.18. The van der Waals surface area contributed by atoms with Gasteiger partial charge in [0.25, 0.3) is 10.0 Å². The van der Waals surface area contributed by atoms with E-state index in [-0.39, 0.29) is 4.90 Å². The molecule has 2 aromatic rings. The van der Waals surface area contributed by atoms with Crippen molar-refractivity contribution in [3.63, 3.8) is 0 Å². The monoisotopic (exact) mass is 353 g/mol. The number of halogens is 1. The van der Waals surface area contributed by atoms with Crippen molar-refractivity contribution >= 4 is 31.6 Å². The third-order valence-electron chi connectivity index (χ3n) is 3.20. The van der Waals surface area contributed by atoms with Gasteiger partial charge in [-0.2, -0.15) is 0 Å². The molecule has 5 heteroatoms. The summed E-state index contributed by atoms with van der Waals surface area (Å²) >= 11 is 3.39. The fourth-order valence-electron chi connectivity index (χ4n) is 1.80. The minimum atomic E-state index is -3.55. The number of nitrogens with one attached hydrogen (secondary N) is 1. The highest BCUT2D eigenvalue weighted by atomic mass is 79.9. The first-order valence-corrected chi connectivity index (χ1v) is 8.43. The normalized spacial score (nSPS) is 11.4. The molecule has 1 N–H and O–H groups in total. The van der Waals surface area contributed by atoms with Crippen LogP contribution in [0.2, 0.25) is 0 Å². The van der Waals surface area contributed by atoms with E-state index in [0.717, 1.165) is 21.2 Å². The van der Waals surface area contributed by atoms with Crippen LogP contribution in [0.4, 0.5) is 5.69 Å². The van der Waals surface area contributed by atoms with E-state index >= 15 is 0 Å². The van der Waals surface area contributed by atoms with E-state index < -0.39 is 10.0 Å². The lowest BCUT2D eigenvalue weighted by Gasteiger charge is -2.10. The lowest BCUT2D eigenvalue weighted by Crippen LogP contribution is -2.13. The van der Waals surface area contributed by atoms with Crippen LogP contribution in [0, 0.1) is 20.8 Å². The van der Waals surface area contributed by atoms with Crippen LogP contribution in [0.5, 0.6) is 0 Å². The van der Waals surface area contributed by atoms with Crippen LogP contribution in [-0.4, -0.2) is 8.42 Å². The Labute approximate surface area is 128 Å². The molecule has 0 bridgehead atoms. The lowest BCUT2D eigenvalue weighted by molar-refractivity contribution is 0.601. The van der Waals surface area contributed by atoms with E-state index in [1.807, 2.05) is 32.9 Å². The molecule has 0 aliphatic rings. The summed E-state index contributed by atoms with van der Waals surface area (Å²) < 4.78 is 28.2. The Morgan fingerprint density at radius 2 is 1.60 bits per heavy atom. The fourth-order valence-corrected chi connectivity index (χ4v) is 3.18. The molecular weight excluding hydrogens is 338 g/mol. The quantitative estimate of drug-likeness (QED) is 0.899. The smallest absolute Gasteiger partial charge is 0.261 e. The molecule has 2 rings (SSSR count). The van der Waals surface area contributed by atoms with Gasteiger partial charge >= 0.3 is 0 Å². The molecule has 0 unspecified atom stereocenters. The molecule has 0 atom stereocenters. The number of hydrogen-bond acceptors (Lipinski definition) is 2. The van der Waals surface area contributed by atoms with E-state index in [0.29, 0.717) is 5.69 Å². The van der Waals surface area contributed by atoms with Crippen molar-refractivity contribution in [3.8, 4) is 0 Å². The van der Waals surface area contributed by atoms with Crippen LogP contribution in [0.25, 0.3) is 0 Å². The maximum atomic E-state index is 12.3. The van der Waals surface area contributed by atoms with Gasteiger partial charge in [-0.05, 0) is 67.8 Å². The molecule has 20 heavy (non-hydrogen) atoms. The van der Waals surface area contributed by atoms with Gasteiger partial charge in [-0.15, -0.1) is 0 Å². The minimum absolute atomic E-state index is 0.279. The molecule has 0 aliphatic heterocycles. The summed E-state index contributed by atoms with van der Waals surface area (Å²) in [5, 5.41) is 0. The van der Waals surface area contributed by atoms with Crippen LogP contribution in [-0.2, 0) is 10.0 Å². The Balaban J connectivity index is 2.35. The van der Waals surface area contributed by atoms with E-state index in [1.165, 1.54) is 0 Å². The van der Waals surface area contributed by atoms with Crippen molar-refractivity contribution in [2.45, 2.75) is 25.7 Å². The van der Waals surface area contributed by atoms with Gasteiger partial charge in [-0.3, -0.25) is 4.72 Å². The van der Waals surface area contributed by atoms with Crippen molar-refractivity contribution in [3.05, 3.63) is 57.6 Å². The van der Waals surface area contributed by atoms with Gasteiger partial charge in [-0.25, -0.2) is 8.42 Å². The maximum Gasteiger partial charge on any atom is 0.261 e. The van der Waals surface area contributed by atoms with E-state index in [1.54, 1.807) is 24.3 Å². The molecule has 0 amide bonds. The van der Waals surface area contributed by atoms with Gasteiger partial charge in [-0.1, -0.05) is 22.0 Å². The van der Waals surface area contributed by atoms with Gasteiger partial charge in [0.15, 0.2) is 0 Å². The number of benzene rings is 2. The molecule has 0 heterocycles. The average molecular weight is 354 g/mol. The van der Waals surface area contributed by atoms with Crippen molar-refractivity contribution in [2.75, 3.05) is 4.72 Å². The number of hydrogen-bond donors (Lipinski definition) is 1. The summed E-state index contributed by atoms with van der Waals surface area (Å²) in [6.45, 7) is 5.77. The van der Waals surface area contributed by atoms with Crippen LogP contribution in [0.15, 0.2) is 45.8 Å². The first-order chi connectivity index (χ1) is 9.29. The average Bonchev–Trinajstić information content (AvgIpc) is 2.37. The second-order valence-electron chi connectivity index (χ2n) is 4.82. The maximum absolute atomic E-state index is 12.3. The Morgan fingerprint density at radius 3 is 2.20 bits per heavy atom. The number of anilines is 1. The van der Waals surface area contributed by atoms with Crippen LogP contribution < -0.4 is 4.72 Å². The standard InChI is InChI=1S/C15H16BrNO2S/c1-10-4-6-14(9-11(10)2)20(18,19)17-13-5-7-15(16)12(3)8-13/h4-9,17H,1-3H3. The summed E-state index contributed by atoms with van der Waals surface area (Å²) in [5.41, 5.74) is 3.57. The van der Waals surface area contributed by atoms with Crippen LogP contribution >= 0.6 is 15.9 Å². The Morgan fingerprint density at radius 1 is 0.900 bits per heavy atom. The van der Waals surface area contributed by atoms with Gasteiger partial charge in [0.05, 0.1) is 4.90 Å². The molecule has 0 spiro atoms. The predicted molar refractivity (Wildman–Crippen MR) is 85.6 cm³/mol. The summed E-state index contributed by atoms with van der Waals surface area (Å²) in [7, 11) is -3.55. The first-order valence-electron chi connectivity index (χ1n) is 6.16. The summed E-state index contributed by atoms with van der Waals surface area (Å²) in [5.74, 6) is 0. The van der Waals surface area contributed by atoms with Gasteiger partial charge in [0.1, 0.15) is 0 Å². The van der Waals surface area contributed by atoms with E-state index in [2.05, 4.69) is 20.7 Å². The molecular formula is C15H16BrNO2S. The van der Waals surface area contributed by atoms with E-state index in [9.17, 15) is 8.42 Å². The first kappa shape index (κ1) is 15.1. The van der Waals surface area contributed by atoms with E-state index in [4.69, 9.17) is 0 Å². The molecule has 106 valence electrons. The highest BCUT2D eigenvalue weighted by Gasteiger charge is 2.15. The highest BCUT2D eigenvalue weighted by molar-refractivity contribution is 9.10. The second kappa shape index (κ2) is 5.58. The second-order valence-corrected chi connectivity index (χ2v) is 7.35. The summed E-state index contributed by atoms with van der Waals surface area (Å²) in [6.07, 6.45) is 0. The van der Waals surface area contributed by atoms with Crippen molar-refractivity contribution in [1.29, 1.82) is 0 Å². The summed E-state index contributed by atoms with van der Waals surface area (Å²) in [6, 6.07) is 10.5. The molecule has 2 aromatic carbocycles. The molecule has 3 nitrogen and oxygen atoms in total. The zero-order valence-corrected chi connectivity index (χ0v) is 14.0. The largest absolute Gasteiger partial charge is 0.280 e. The highest BCUT2D eigenvalue weighted by Crippen LogP contribution is 2.23. The van der Waals surface area contributed by atoms with Crippen LogP contribution in [0.3, 0.4) is 0 Å². The molecule has 0 saturated carbocycles. The molecule has 0 radical (unpaired) electrons. The Bertz CT molecular complexity index is 754. The zero-order chi connectivity index (χ0) is 14.9. The lowest BCUT2D eigenvalue weighted by atomic mass is 10.1. The minimum Gasteiger partial charge on any atom is -0.280 e. The number of aryl methyl sites for hydroxylation is 3. The third kappa shape index (κ3) is 3.22. The molecule has 0 aliphatic carbocycles. The third-order valence-corrected chi connectivity index (χ3v) is 5.47. The Hall–Kier alpha value is -1.33. The molecule has 0 saturated heterocycles. The number of sulfonamides is 1. The van der Waals surface area contributed by atoms with Crippen molar-refractivity contribution in [1.82, 2.24) is 0 Å². The molecule has 0 fully saturated rings. The van der Waals surface area contributed by atoms with Gasteiger partial charge in [0, 0.05) is 10.2 Å². The van der Waals surface area contributed by atoms with Gasteiger partial charge in [0.2, 0.25) is 0 Å². The zero-order valence-electron chi connectivity index (χ0n) is 11.6. The summed E-state index contributed by atoms with van der Waals surface area (Å²) in [4.78, 5) is 0.279. The van der Waals surface area contributed by atoms with Gasteiger partial charge < -0.3 is 0 Å². The fraction of sp³-hybridized carbons (Fsp3) is 0.200. The Kier molecular flexibility index (Phi) is 4.20. The van der Waals surface area contributed by atoms with Crippen molar-refractivity contribution < 1.29 is 8.42 Å². The number of rotatable bonds is 3. The molecule has 0 aromatic heterocycles. The SMILES string of the molecule is Cc1ccc(S(=O)(=O)Nc2ccc(Br)c(C)c2)cc1C. The van der Waals surface area contributed by atoms with Crippen molar-refractivity contribution in [2.24, 2.45) is 0 Å². The van der Waals surface area contributed by atoms with Crippen LogP contribution in [0.1, 0.15) is 16.7 Å².